The number of rotatable bonds is 5. The van der Waals surface area contributed by atoms with Gasteiger partial charge in [-0.05, 0) is 42.0 Å². The lowest BCUT2D eigenvalue weighted by atomic mass is 10.0. The summed E-state index contributed by atoms with van der Waals surface area (Å²) in [7, 11) is 0. The van der Waals surface area contributed by atoms with Crippen molar-refractivity contribution < 1.29 is 4.79 Å². The molecule has 4 aromatic carbocycles. The van der Waals surface area contributed by atoms with Crippen LogP contribution < -0.4 is 10.9 Å². The maximum absolute atomic E-state index is 12.8. The number of fused-ring (bicyclic) bond motifs is 2. The quantitative estimate of drug-likeness (QED) is 0.334. The van der Waals surface area contributed by atoms with Crippen LogP contribution in [-0.2, 0) is 6.54 Å². The molecule has 5 nitrogen and oxygen atoms in total. The number of hydrazine groups is 1. The standard InChI is InChI=1S/C28H20N4OS/c29-17-19-10-12-21(13-11-19)27-23-8-4-5-9-25(23)34-26-15-14-22(16-24(26)31-27)28(33)32-30-18-20-6-2-1-3-7-20/h1-16,30H,18H2,(H,32,33). The molecular formula is C28H20N4OS. The lowest BCUT2D eigenvalue weighted by molar-refractivity contribution is 0.0932. The van der Waals surface area contributed by atoms with Gasteiger partial charge in [-0.2, -0.15) is 5.26 Å². The zero-order valence-electron chi connectivity index (χ0n) is 18.2. The van der Waals surface area contributed by atoms with Gasteiger partial charge in [0.2, 0.25) is 0 Å². The molecule has 0 unspecified atom stereocenters. The zero-order chi connectivity index (χ0) is 23.3. The summed E-state index contributed by atoms with van der Waals surface area (Å²) in [6, 6.07) is 33.1. The van der Waals surface area contributed by atoms with Crippen LogP contribution in [0.3, 0.4) is 0 Å². The Morgan fingerprint density at radius 2 is 1.65 bits per heavy atom. The van der Waals surface area contributed by atoms with E-state index >= 15 is 0 Å². The largest absolute Gasteiger partial charge is 0.287 e. The number of nitriles is 1. The summed E-state index contributed by atoms with van der Waals surface area (Å²) >= 11 is 1.63. The number of hydrogen-bond donors (Lipinski definition) is 2. The monoisotopic (exact) mass is 460 g/mol. The SMILES string of the molecule is N#Cc1ccc(C2=Nc3cc(C(=O)NNCc4ccccc4)ccc3Sc3ccccc32)cc1. The number of amides is 1. The van der Waals surface area contributed by atoms with Gasteiger partial charge in [-0.1, -0.05) is 72.4 Å². The van der Waals surface area contributed by atoms with Crippen LogP contribution in [-0.4, -0.2) is 11.6 Å². The first-order valence-corrected chi connectivity index (χ1v) is 11.6. The number of nitrogens with zero attached hydrogens (tertiary/aromatic N) is 2. The van der Waals surface area contributed by atoms with Gasteiger partial charge in [0.25, 0.3) is 5.91 Å². The molecule has 0 aliphatic carbocycles. The minimum atomic E-state index is -0.222. The van der Waals surface area contributed by atoms with E-state index in [9.17, 15) is 4.79 Å². The normalized spacial score (nSPS) is 11.9. The maximum Gasteiger partial charge on any atom is 0.265 e. The van der Waals surface area contributed by atoms with Gasteiger partial charge in [-0.3, -0.25) is 10.2 Å². The molecule has 4 aromatic rings. The molecule has 1 heterocycles. The van der Waals surface area contributed by atoms with E-state index in [-0.39, 0.29) is 5.91 Å². The number of carbonyl (C=O) groups is 1. The first kappa shape index (κ1) is 21.7. The minimum Gasteiger partial charge on any atom is -0.287 e. The molecule has 1 amide bonds. The van der Waals surface area contributed by atoms with Crippen molar-refractivity contribution in [3.05, 3.63) is 125 Å². The van der Waals surface area contributed by atoms with Crippen LogP contribution in [0.2, 0.25) is 0 Å². The van der Waals surface area contributed by atoms with E-state index in [4.69, 9.17) is 10.3 Å². The van der Waals surface area contributed by atoms with Crippen molar-refractivity contribution in [1.29, 1.82) is 5.26 Å². The lowest BCUT2D eigenvalue weighted by Gasteiger charge is -2.09. The van der Waals surface area contributed by atoms with Crippen LogP contribution >= 0.6 is 11.8 Å². The van der Waals surface area contributed by atoms with Crippen LogP contribution in [0.5, 0.6) is 0 Å². The zero-order valence-corrected chi connectivity index (χ0v) is 19.0. The van der Waals surface area contributed by atoms with Gasteiger partial charge in [-0.25, -0.2) is 10.4 Å². The molecule has 0 spiro atoms. The van der Waals surface area contributed by atoms with E-state index in [1.54, 1.807) is 23.9 Å². The predicted octanol–water partition coefficient (Wildman–Crippen LogP) is 5.63. The Morgan fingerprint density at radius 1 is 0.882 bits per heavy atom. The van der Waals surface area contributed by atoms with E-state index in [2.05, 4.69) is 23.0 Å². The average molecular weight is 461 g/mol. The Hall–Kier alpha value is -4.18. The van der Waals surface area contributed by atoms with E-state index in [1.165, 1.54) is 0 Å². The molecule has 0 radical (unpaired) electrons. The summed E-state index contributed by atoms with van der Waals surface area (Å²) < 4.78 is 0. The average Bonchev–Trinajstić information content (AvgIpc) is 3.05. The number of nitrogens with one attached hydrogen (secondary N) is 2. The molecule has 1 aliphatic heterocycles. The second kappa shape index (κ2) is 9.75. The van der Waals surface area contributed by atoms with Crippen molar-refractivity contribution in [1.82, 2.24) is 10.9 Å². The van der Waals surface area contributed by atoms with Crippen molar-refractivity contribution in [3.63, 3.8) is 0 Å². The van der Waals surface area contributed by atoms with Crippen LogP contribution in [0.1, 0.15) is 32.6 Å². The fraction of sp³-hybridized carbons (Fsp3) is 0.0357. The van der Waals surface area contributed by atoms with Crippen LogP contribution in [0.4, 0.5) is 5.69 Å². The van der Waals surface area contributed by atoms with Gasteiger partial charge in [0.05, 0.1) is 23.0 Å². The summed E-state index contributed by atoms with van der Waals surface area (Å²) in [5, 5.41) is 9.15. The molecule has 0 saturated heterocycles. The van der Waals surface area contributed by atoms with E-state index in [0.717, 1.165) is 37.9 Å². The summed E-state index contributed by atoms with van der Waals surface area (Å²) in [4.78, 5) is 19.8. The summed E-state index contributed by atoms with van der Waals surface area (Å²) in [5.74, 6) is -0.222. The highest BCUT2D eigenvalue weighted by atomic mass is 32.2. The number of aliphatic imine (C=N–C) groups is 1. The smallest absolute Gasteiger partial charge is 0.265 e. The molecule has 2 N–H and O–H groups in total. The second-order valence-corrected chi connectivity index (χ2v) is 8.81. The molecule has 0 saturated carbocycles. The van der Waals surface area contributed by atoms with Gasteiger partial charge in [0.15, 0.2) is 0 Å². The fourth-order valence-electron chi connectivity index (χ4n) is 3.70. The predicted molar refractivity (Wildman–Crippen MR) is 134 cm³/mol. The third-order valence-electron chi connectivity index (χ3n) is 5.44. The molecule has 1 aliphatic rings. The second-order valence-electron chi connectivity index (χ2n) is 7.72. The van der Waals surface area contributed by atoms with Crippen LogP contribution in [0, 0.1) is 11.3 Å². The lowest BCUT2D eigenvalue weighted by Crippen LogP contribution is -2.36. The van der Waals surface area contributed by atoms with Crippen molar-refractivity contribution >= 4 is 29.1 Å². The van der Waals surface area contributed by atoms with E-state index < -0.39 is 0 Å². The highest BCUT2D eigenvalue weighted by Gasteiger charge is 2.20. The third-order valence-corrected chi connectivity index (χ3v) is 6.58. The van der Waals surface area contributed by atoms with Crippen molar-refractivity contribution in [2.24, 2.45) is 4.99 Å². The molecule has 6 heteroatoms. The Labute approximate surface area is 202 Å². The Balaban J connectivity index is 1.45. The number of carbonyl (C=O) groups excluding carboxylic acids is 1. The molecule has 0 atom stereocenters. The Morgan fingerprint density at radius 3 is 2.44 bits per heavy atom. The topological polar surface area (TPSA) is 77.3 Å². The van der Waals surface area contributed by atoms with Crippen molar-refractivity contribution in [3.8, 4) is 6.07 Å². The summed E-state index contributed by atoms with van der Waals surface area (Å²) in [6.45, 7) is 0.531. The first-order chi connectivity index (χ1) is 16.7. The maximum atomic E-state index is 12.8. The molecule has 164 valence electrons. The van der Waals surface area contributed by atoms with Gasteiger partial charge in [-0.15, -0.1) is 0 Å². The minimum absolute atomic E-state index is 0.222. The van der Waals surface area contributed by atoms with Crippen LogP contribution in [0.25, 0.3) is 0 Å². The van der Waals surface area contributed by atoms with Gasteiger partial charge in [0, 0.05) is 33.0 Å². The Kier molecular flexibility index (Phi) is 6.21. The van der Waals surface area contributed by atoms with Gasteiger partial charge < -0.3 is 0 Å². The highest BCUT2D eigenvalue weighted by molar-refractivity contribution is 7.99. The fourth-order valence-corrected chi connectivity index (χ4v) is 4.70. The van der Waals surface area contributed by atoms with Crippen LogP contribution in [0.15, 0.2) is 112 Å². The molecule has 5 rings (SSSR count). The number of hydrogen-bond acceptors (Lipinski definition) is 5. The summed E-state index contributed by atoms with van der Waals surface area (Å²) in [6.07, 6.45) is 0. The van der Waals surface area contributed by atoms with Gasteiger partial charge in [0.1, 0.15) is 0 Å². The van der Waals surface area contributed by atoms with Gasteiger partial charge >= 0.3 is 0 Å². The highest BCUT2D eigenvalue weighted by Crippen LogP contribution is 2.41. The molecule has 34 heavy (non-hydrogen) atoms. The first-order valence-electron chi connectivity index (χ1n) is 10.8. The summed E-state index contributed by atoms with van der Waals surface area (Å²) in [5.41, 5.74) is 11.4. The molecule has 0 bridgehead atoms. The number of benzene rings is 4. The van der Waals surface area contributed by atoms with Crippen molar-refractivity contribution in [2.45, 2.75) is 16.3 Å². The van der Waals surface area contributed by atoms with E-state index in [1.807, 2.05) is 78.9 Å². The molecular weight excluding hydrogens is 440 g/mol. The van der Waals surface area contributed by atoms with E-state index in [0.29, 0.717) is 17.7 Å². The third kappa shape index (κ3) is 4.62. The van der Waals surface area contributed by atoms with Crippen molar-refractivity contribution in [2.75, 3.05) is 0 Å². The Bertz CT molecular complexity index is 1420. The molecule has 0 fully saturated rings. The molecule has 0 aromatic heterocycles.